The van der Waals surface area contributed by atoms with Crippen LogP contribution in [0.25, 0.3) is 0 Å². The van der Waals surface area contributed by atoms with E-state index in [1.54, 1.807) is 12.1 Å². The van der Waals surface area contributed by atoms with Crippen LogP contribution in [-0.4, -0.2) is 20.1 Å². The molecule has 0 heterocycles. The number of carbonyl (C=O) groups is 1. The molecule has 0 aliphatic carbocycles. The molecule has 0 atom stereocenters. The van der Waals surface area contributed by atoms with Crippen LogP contribution in [0, 0.1) is 0 Å². The van der Waals surface area contributed by atoms with Gasteiger partial charge < -0.3 is 9.64 Å². The molecule has 0 spiro atoms. The smallest absolute Gasteiger partial charge is 0.339 e. The third kappa shape index (κ3) is 3.42. The van der Waals surface area contributed by atoms with Crippen molar-refractivity contribution in [2.75, 3.05) is 19.1 Å². The van der Waals surface area contributed by atoms with Crippen molar-refractivity contribution in [1.29, 1.82) is 0 Å². The maximum atomic E-state index is 11.7. The molecule has 0 fully saturated rings. The highest BCUT2D eigenvalue weighted by Gasteiger charge is 2.13. The SMILES string of the molecule is COC(=O)c1cc(N(C)c2ccc(C(C)C)cc2)ccc1Cl. The van der Waals surface area contributed by atoms with Gasteiger partial charge in [-0.1, -0.05) is 37.6 Å². The highest BCUT2D eigenvalue weighted by molar-refractivity contribution is 6.33. The lowest BCUT2D eigenvalue weighted by molar-refractivity contribution is 0.0601. The largest absolute Gasteiger partial charge is 0.465 e. The first kappa shape index (κ1) is 16.4. The van der Waals surface area contributed by atoms with Gasteiger partial charge in [0.2, 0.25) is 0 Å². The molecule has 0 unspecified atom stereocenters. The Morgan fingerprint density at radius 3 is 2.23 bits per heavy atom. The molecular formula is C18H20ClNO2. The molecule has 2 aromatic rings. The zero-order chi connectivity index (χ0) is 16.3. The number of benzene rings is 2. The number of esters is 1. The summed E-state index contributed by atoms with van der Waals surface area (Å²) in [5.74, 6) is 0.0659. The minimum atomic E-state index is -0.435. The molecule has 0 saturated carbocycles. The Balaban J connectivity index is 2.32. The molecule has 0 radical (unpaired) electrons. The van der Waals surface area contributed by atoms with E-state index in [1.807, 2.05) is 18.0 Å². The monoisotopic (exact) mass is 317 g/mol. The fourth-order valence-corrected chi connectivity index (χ4v) is 2.41. The van der Waals surface area contributed by atoms with Crippen LogP contribution in [-0.2, 0) is 4.74 Å². The summed E-state index contributed by atoms with van der Waals surface area (Å²) >= 11 is 6.06. The van der Waals surface area contributed by atoms with E-state index in [2.05, 4.69) is 38.1 Å². The summed E-state index contributed by atoms with van der Waals surface area (Å²) in [4.78, 5) is 13.7. The Hall–Kier alpha value is -2.00. The first-order valence-electron chi connectivity index (χ1n) is 7.15. The van der Waals surface area contributed by atoms with Gasteiger partial charge in [-0.25, -0.2) is 4.79 Å². The van der Waals surface area contributed by atoms with E-state index in [-0.39, 0.29) is 0 Å². The van der Waals surface area contributed by atoms with Gasteiger partial charge in [0.05, 0.1) is 17.7 Å². The second-order valence-corrected chi connectivity index (χ2v) is 5.87. The Morgan fingerprint density at radius 2 is 1.68 bits per heavy atom. The number of nitrogens with zero attached hydrogens (tertiary/aromatic N) is 1. The molecule has 4 heteroatoms. The van der Waals surface area contributed by atoms with E-state index in [9.17, 15) is 4.79 Å². The lowest BCUT2D eigenvalue weighted by Crippen LogP contribution is -2.11. The number of methoxy groups -OCH3 is 1. The molecule has 0 aliphatic rings. The van der Waals surface area contributed by atoms with E-state index >= 15 is 0 Å². The summed E-state index contributed by atoms with van der Waals surface area (Å²) < 4.78 is 4.76. The van der Waals surface area contributed by atoms with Crippen LogP contribution in [0.1, 0.15) is 35.7 Å². The normalized spacial score (nSPS) is 10.6. The van der Waals surface area contributed by atoms with E-state index < -0.39 is 5.97 Å². The van der Waals surface area contributed by atoms with Crippen molar-refractivity contribution in [2.45, 2.75) is 19.8 Å². The Bertz CT molecular complexity index is 665. The van der Waals surface area contributed by atoms with E-state index in [4.69, 9.17) is 16.3 Å². The third-order valence-corrected chi connectivity index (χ3v) is 4.02. The second kappa shape index (κ2) is 6.84. The van der Waals surface area contributed by atoms with Crippen molar-refractivity contribution in [2.24, 2.45) is 0 Å². The van der Waals surface area contributed by atoms with E-state index in [0.717, 1.165) is 11.4 Å². The minimum Gasteiger partial charge on any atom is -0.465 e. The number of rotatable bonds is 4. The van der Waals surface area contributed by atoms with Crippen molar-refractivity contribution in [3.63, 3.8) is 0 Å². The van der Waals surface area contributed by atoms with Gasteiger partial charge in [0, 0.05) is 18.4 Å². The summed E-state index contributed by atoms with van der Waals surface area (Å²) in [7, 11) is 3.30. The molecule has 0 aromatic heterocycles. The predicted molar refractivity (Wildman–Crippen MR) is 91.4 cm³/mol. The molecule has 22 heavy (non-hydrogen) atoms. The van der Waals surface area contributed by atoms with Crippen molar-refractivity contribution in [3.8, 4) is 0 Å². The van der Waals surface area contributed by atoms with Crippen LogP contribution < -0.4 is 4.90 Å². The quantitative estimate of drug-likeness (QED) is 0.742. The minimum absolute atomic E-state index is 0.368. The van der Waals surface area contributed by atoms with Crippen molar-refractivity contribution in [1.82, 2.24) is 0 Å². The van der Waals surface area contributed by atoms with Gasteiger partial charge in [0.1, 0.15) is 0 Å². The summed E-state index contributed by atoms with van der Waals surface area (Å²) in [5, 5.41) is 0.388. The number of hydrogen-bond donors (Lipinski definition) is 0. The van der Waals surface area contributed by atoms with Crippen LogP contribution >= 0.6 is 11.6 Å². The third-order valence-electron chi connectivity index (χ3n) is 3.69. The lowest BCUT2D eigenvalue weighted by atomic mass is 10.0. The molecule has 0 bridgehead atoms. The zero-order valence-electron chi connectivity index (χ0n) is 13.3. The molecule has 116 valence electrons. The molecular weight excluding hydrogens is 298 g/mol. The van der Waals surface area contributed by atoms with Crippen molar-refractivity contribution < 1.29 is 9.53 Å². The maximum Gasteiger partial charge on any atom is 0.339 e. The van der Waals surface area contributed by atoms with Gasteiger partial charge in [-0.15, -0.1) is 0 Å². The maximum absolute atomic E-state index is 11.7. The Kier molecular flexibility index (Phi) is 5.09. The second-order valence-electron chi connectivity index (χ2n) is 5.46. The van der Waals surface area contributed by atoms with Crippen LogP contribution in [0.15, 0.2) is 42.5 Å². The van der Waals surface area contributed by atoms with Gasteiger partial charge in [0.15, 0.2) is 0 Å². The van der Waals surface area contributed by atoms with Crippen LogP contribution in [0.2, 0.25) is 5.02 Å². The standard InChI is InChI=1S/C18H20ClNO2/c1-12(2)13-5-7-14(8-6-13)20(3)15-9-10-17(19)16(11-15)18(21)22-4/h5-12H,1-4H3. The fourth-order valence-electron chi connectivity index (χ4n) is 2.22. The van der Waals surface area contributed by atoms with Crippen LogP contribution in [0.4, 0.5) is 11.4 Å². The predicted octanol–water partition coefficient (Wildman–Crippen LogP) is 5.02. The zero-order valence-corrected chi connectivity index (χ0v) is 14.0. The average molecular weight is 318 g/mol. The number of anilines is 2. The topological polar surface area (TPSA) is 29.5 Å². The first-order valence-corrected chi connectivity index (χ1v) is 7.53. The Labute approximate surface area is 136 Å². The highest BCUT2D eigenvalue weighted by Crippen LogP contribution is 2.29. The average Bonchev–Trinajstić information content (AvgIpc) is 2.54. The summed E-state index contributed by atoms with van der Waals surface area (Å²) in [6.45, 7) is 4.33. The number of hydrogen-bond acceptors (Lipinski definition) is 3. The number of ether oxygens (including phenoxy) is 1. The fraction of sp³-hybridized carbons (Fsp3) is 0.278. The molecule has 2 rings (SSSR count). The van der Waals surface area contributed by atoms with Gasteiger partial charge in [0.25, 0.3) is 0 Å². The van der Waals surface area contributed by atoms with Crippen molar-refractivity contribution >= 4 is 28.9 Å². The summed E-state index contributed by atoms with van der Waals surface area (Å²) in [6.07, 6.45) is 0. The lowest BCUT2D eigenvalue weighted by Gasteiger charge is -2.21. The van der Waals surface area contributed by atoms with E-state index in [0.29, 0.717) is 16.5 Å². The summed E-state index contributed by atoms with van der Waals surface area (Å²) in [5.41, 5.74) is 3.58. The molecule has 2 aromatic carbocycles. The van der Waals surface area contributed by atoms with Gasteiger partial charge >= 0.3 is 5.97 Å². The van der Waals surface area contributed by atoms with E-state index in [1.165, 1.54) is 12.7 Å². The summed E-state index contributed by atoms with van der Waals surface area (Å²) in [6, 6.07) is 13.7. The molecule has 3 nitrogen and oxygen atoms in total. The number of carbonyl (C=O) groups excluding carboxylic acids is 1. The molecule has 0 N–H and O–H groups in total. The van der Waals surface area contributed by atoms with Crippen LogP contribution in [0.5, 0.6) is 0 Å². The van der Waals surface area contributed by atoms with Gasteiger partial charge in [-0.05, 0) is 41.8 Å². The molecule has 0 saturated heterocycles. The van der Waals surface area contributed by atoms with Crippen LogP contribution in [0.3, 0.4) is 0 Å². The Morgan fingerprint density at radius 1 is 1.09 bits per heavy atom. The number of halogens is 1. The van der Waals surface area contributed by atoms with Gasteiger partial charge in [-0.2, -0.15) is 0 Å². The van der Waals surface area contributed by atoms with Gasteiger partial charge in [-0.3, -0.25) is 0 Å². The highest BCUT2D eigenvalue weighted by atomic mass is 35.5. The molecule has 0 aliphatic heterocycles. The molecule has 0 amide bonds. The van der Waals surface area contributed by atoms with Crippen molar-refractivity contribution in [3.05, 3.63) is 58.6 Å². The first-order chi connectivity index (χ1) is 10.4.